The van der Waals surface area contributed by atoms with Crippen LogP contribution in [0.25, 0.3) is 16.7 Å². The number of hydrogen-bond donors (Lipinski definition) is 1. The molecule has 0 bridgehead atoms. The third-order valence-corrected chi connectivity index (χ3v) is 4.63. The van der Waals surface area contributed by atoms with Crippen molar-refractivity contribution in [3.63, 3.8) is 0 Å². The van der Waals surface area contributed by atoms with Crippen molar-refractivity contribution in [2.45, 2.75) is 6.36 Å². The van der Waals surface area contributed by atoms with Crippen LogP contribution >= 0.6 is 23.2 Å². The lowest BCUT2D eigenvalue weighted by molar-refractivity contribution is -0.274. The van der Waals surface area contributed by atoms with E-state index >= 15 is 0 Å². The van der Waals surface area contributed by atoms with E-state index < -0.39 is 12.2 Å². The zero-order chi connectivity index (χ0) is 20.1. The van der Waals surface area contributed by atoms with Gasteiger partial charge in [0, 0.05) is 24.1 Å². The van der Waals surface area contributed by atoms with Gasteiger partial charge < -0.3 is 10.1 Å². The van der Waals surface area contributed by atoms with Gasteiger partial charge in [0.25, 0.3) is 0 Å². The van der Waals surface area contributed by atoms with Gasteiger partial charge in [-0.3, -0.25) is 4.40 Å². The van der Waals surface area contributed by atoms with Crippen molar-refractivity contribution in [3.05, 3.63) is 58.6 Å². The Morgan fingerprint density at radius 3 is 2.46 bits per heavy atom. The van der Waals surface area contributed by atoms with E-state index in [2.05, 4.69) is 20.0 Å². The predicted molar refractivity (Wildman–Crippen MR) is 96.9 cm³/mol. The summed E-state index contributed by atoms with van der Waals surface area (Å²) in [6, 6.07) is 6.18. The molecule has 4 aromatic rings. The number of rotatable bonds is 3. The van der Waals surface area contributed by atoms with Crippen LogP contribution in [0.1, 0.15) is 0 Å². The summed E-state index contributed by atoms with van der Waals surface area (Å²) >= 11 is 12.0. The smallest absolute Gasteiger partial charge is 0.406 e. The number of anilines is 2. The van der Waals surface area contributed by atoms with Crippen molar-refractivity contribution in [2.24, 2.45) is 0 Å². The monoisotopic (exact) mass is 430 g/mol. The highest BCUT2D eigenvalue weighted by atomic mass is 35.5. The van der Waals surface area contributed by atoms with E-state index in [1.54, 1.807) is 10.6 Å². The van der Waals surface area contributed by atoms with E-state index in [1.807, 2.05) is 0 Å². The molecule has 0 aliphatic heterocycles. The van der Waals surface area contributed by atoms with E-state index in [9.17, 15) is 17.6 Å². The maximum absolute atomic E-state index is 14.0. The molecule has 0 saturated carbocycles. The second kappa shape index (κ2) is 6.68. The van der Waals surface area contributed by atoms with Gasteiger partial charge in [0.15, 0.2) is 11.5 Å². The van der Waals surface area contributed by atoms with Crippen molar-refractivity contribution < 1.29 is 22.3 Å². The molecule has 28 heavy (non-hydrogen) atoms. The second-order valence-corrected chi connectivity index (χ2v) is 6.39. The predicted octanol–water partition coefficient (Wildman–Crippen LogP) is 5.97. The van der Waals surface area contributed by atoms with Crippen LogP contribution in [-0.4, -0.2) is 20.7 Å². The van der Waals surface area contributed by atoms with Crippen LogP contribution in [0.4, 0.5) is 29.1 Å². The third-order valence-electron chi connectivity index (χ3n) is 3.79. The first kappa shape index (κ1) is 18.6. The van der Waals surface area contributed by atoms with Gasteiger partial charge in [0.1, 0.15) is 11.6 Å². The van der Waals surface area contributed by atoms with Crippen molar-refractivity contribution in [2.75, 3.05) is 5.32 Å². The molecule has 0 radical (unpaired) electrons. The number of halogens is 6. The molecule has 2 heterocycles. The molecule has 1 N–H and O–H groups in total. The molecule has 5 nitrogen and oxygen atoms in total. The Kier molecular flexibility index (Phi) is 4.43. The Hall–Kier alpha value is -2.78. The summed E-state index contributed by atoms with van der Waals surface area (Å²) in [5.41, 5.74) is 1.39. The summed E-state index contributed by atoms with van der Waals surface area (Å²) in [6.45, 7) is 0. The first-order valence-corrected chi connectivity index (χ1v) is 8.41. The molecule has 0 unspecified atom stereocenters. The largest absolute Gasteiger partial charge is 0.573 e. The van der Waals surface area contributed by atoms with Gasteiger partial charge in [-0.25, -0.2) is 14.4 Å². The minimum absolute atomic E-state index is 0.00707. The average Bonchev–Trinajstić information content (AvgIpc) is 3.10. The number of fused-ring (bicyclic) bond motifs is 3. The number of hydrogen-bond acceptors (Lipinski definition) is 4. The highest BCUT2D eigenvalue weighted by molar-refractivity contribution is 6.45. The minimum Gasteiger partial charge on any atom is -0.406 e. The summed E-state index contributed by atoms with van der Waals surface area (Å²) in [5.74, 6) is -0.843. The molecule has 144 valence electrons. The summed E-state index contributed by atoms with van der Waals surface area (Å²) in [6.07, 6.45) is -1.68. The fourth-order valence-corrected chi connectivity index (χ4v) is 3.10. The molecule has 0 aliphatic rings. The van der Waals surface area contributed by atoms with Gasteiger partial charge in [-0.2, -0.15) is 0 Å². The topological polar surface area (TPSA) is 51.5 Å². The molecule has 2 aromatic heterocycles. The highest BCUT2D eigenvalue weighted by Gasteiger charge is 2.31. The SMILES string of the molecule is Fc1cc2nc(Nc3ccc(OC(F)(F)F)cc3)c3nccn3c2c(Cl)c1Cl. The van der Waals surface area contributed by atoms with E-state index in [-0.39, 0.29) is 27.1 Å². The number of nitrogens with zero attached hydrogens (tertiary/aromatic N) is 3. The number of alkyl halides is 3. The van der Waals surface area contributed by atoms with Crippen LogP contribution in [0.15, 0.2) is 42.7 Å². The summed E-state index contributed by atoms with van der Waals surface area (Å²) in [7, 11) is 0. The molecule has 0 fully saturated rings. The van der Waals surface area contributed by atoms with Crippen LogP contribution < -0.4 is 10.1 Å². The summed E-state index contributed by atoms with van der Waals surface area (Å²) in [5, 5.41) is 2.70. The summed E-state index contributed by atoms with van der Waals surface area (Å²) < 4.78 is 56.2. The Bertz CT molecular complexity index is 1190. The zero-order valence-corrected chi connectivity index (χ0v) is 15.1. The van der Waals surface area contributed by atoms with E-state index in [0.717, 1.165) is 18.2 Å². The Labute approximate surface area is 164 Å². The van der Waals surface area contributed by atoms with Gasteiger partial charge in [-0.1, -0.05) is 23.2 Å². The quantitative estimate of drug-likeness (QED) is 0.321. The van der Waals surface area contributed by atoms with Gasteiger partial charge >= 0.3 is 6.36 Å². The molecule has 2 aromatic carbocycles. The first-order valence-electron chi connectivity index (χ1n) is 7.66. The maximum atomic E-state index is 14.0. The number of benzene rings is 2. The molecular weight excluding hydrogens is 423 g/mol. The summed E-state index contributed by atoms with van der Waals surface area (Å²) in [4.78, 5) is 8.52. The van der Waals surface area contributed by atoms with Crippen molar-refractivity contribution >= 4 is 51.4 Å². The third kappa shape index (κ3) is 3.38. The molecule has 0 atom stereocenters. The van der Waals surface area contributed by atoms with E-state index in [1.165, 1.54) is 18.3 Å². The fraction of sp³-hybridized carbons (Fsp3) is 0.0588. The average molecular weight is 431 g/mol. The van der Waals surface area contributed by atoms with Gasteiger partial charge in [0.05, 0.1) is 21.1 Å². The number of nitrogens with one attached hydrogen (secondary N) is 1. The molecule has 4 rings (SSSR count). The van der Waals surface area contributed by atoms with Crippen molar-refractivity contribution in [1.29, 1.82) is 0 Å². The molecule has 0 amide bonds. The molecule has 0 saturated heterocycles. The Morgan fingerprint density at radius 1 is 1.07 bits per heavy atom. The van der Waals surface area contributed by atoms with E-state index in [0.29, 0.717) is 16.9 Å². The standard InChI is InChI=1S/C17H8Cl2F4N4O/c18-12-10(20)7-11-14(13(12)19)27-6-5-24-16(27)15(26-11)25-8-1-3-9(4-2-8)28-17(21,22)23/h1-7H,(H,25,26). The normalized spacial score (nSPS) is 11.9. The second-order valence-electron chi connectivity index (χ2n) is 5.63. The first-order chi connectivity index (χ1) is 13.2. The van der Waals surface area contributed by atoms with E-state index in [4.69, 9.17) is 23.2 Å². The lowest BCUT2D eigenvalue weighted by atomic mass is 10.2. The van der Waals surface area contributed by atoms with Crippen molar-refractivity contribution in [1.82, 2.24) is 14.4 Å². The Morgan fingerprint density at radius 2 is 1.79 bits per heavy atom. The maximum Gasteiger partial charge on any atom is 0.573 e. The van der Waals surface area contributed by atoms with Crippen LogP contribution in [0.2, 0.25) is 10.0 Å². The van der Waals surface area contributed by atoms with Crippen LogP contribution in [0.3, 0.4) is 0 Å². The van der Waals surface area contributed by atoms with Crippen LogP contribution in [0, 0.1) is 5.82 Å². The molecule has 11 heteroatoms. The molecular formula is C17H8Cl2F4N4O. The van der Waals surface area contributed by atoms with Crippen LogP contribution in [0.5, 0.6) is 5.75 Å². The molecule has 0 aliphatic carbocycles. The lowest BCUT2D eigenvalue weighted by Gasteiger charge is -2.12. The number of aromatic nitrogens is 3. The number of ether oxygens (including phenoxy) is 1. The highest BCUT2D eigenvalue weighted by Crippen LogP contribution is 2.35. The van der Waals surface area contributed by atoms with Crippen LogP contribution in [-0.2, 0) is 0 Å². The molecule has 0 spiro atoms. The van der Waals surface area contributed by atoms with Gasteiger partial charge in [-0.05, 0) is 24.3 Å². The fourth-order valence-electron chi connectivity index (χ4n) is 2.68. The van der Waals surface area contributed by atoms with Gasteiger partial charge in [0.2, 0.25) is 0 Å². The lowest BCUT2D eigenvalue weighted by Crippen LogP contribution is -2.17. The minimum atomic E-state index is -4.78. The van der Waals surface area contributed by atoms with Gasteiger partial charge in [-0.15, -0.1) is 13.2 Å². The zero-order valence-electron chi connectivity index (χ0n) is 13.6. The Balaban J connectivity index is 1.76. The van der Waals surface area contributed by atoms with Crippen molar-refractivity contribution in [3.8, 4) is 5.75 Å². The number of imidazole rings is 1.